The number of hydrogen-bond donors (Lipinski definition) is 2. The molecule has 1 atom stereocenters. The summed E-state index contributed by atoms with van der Waals surface area (Å²) in [6.07, 6.45) is 3.35. The number of nitrogens with one attached hydrogen (secondary N) is 1. The molecule has 1 aliphatic heterocycles. The fourth-order valence-electron chi connectivity index (χ4n) is 2.07. The van der Waals surface area contributed by atoms with Crippen molar-refractivity contribution in [3.05, 3.63) is 23.4 Å². The molecule has 1 aliphatic rings. The summed E-state index contributed by atoms with van der Waals surface area (Å²) >= 11 is 0. The lowest BCUT2D eigenvalue weighted by atomic mass is 9.88. The van der Waals surface area contributed by atoms with Gasteiger partial charge in [0.15, 0.2) is 0 Å². The summed E-state index contributed by atoms with van der Waals surface area (Å²) in [5.41, 5.74) is 7.87. The first kappa shape index (κ1) is 9.96. The summed E-state index contributed by atoms with van der Waals surface area (Å²) in [5, 5.41) is 2.83. The van der Waals surface area contributed by atoms with Gasteiger partial charge in [0.25, 0.3) is 0 Å². The minimum absolute atomic E-state index is 0.127. The van der Waals surface area contributed by atoms with Crippen LogP contribution in [0.3, 0.4) is 0 Å². The van der Waals surface area contributed by atoms with Crippen molar-refractivity contribution >= 4 is 11.7 Å². The smallest absolute Gasteiger partial charge is 0.220 e. The van der Waals surface area contributed by atoms with Gasteiger partial charge in [0.05, 0.1) is 0 Å². The Morgan fingerprint density at radius 2 is 2.40 bits per heavy atom. The van der Waals surface area contributed by atoms with Crippen molar-refractivity contribution in [3.63, 3.8) is 0 Å². The van der Waals surface area contributed by atoms with Gasteiger partial charge in [0.1, 0.15) is 5.82 Å². The predicted molar refractivity (Wildman–Crippen MR) is 58.4 cm³/mol. The summed E-state index contributed by atoms with van der Waals surface area (Å²) in [6.45, 7) is 2.77. The Labute approximate surface area is 88.9 Å². The molecule has 4 heteroatoms. The molecular formula is C11H15N3O. The average Bonchev–Trinajstić information content (AvgIpc) is 2.17. The fourth-order valence-corrected chi connectivity index (χ4v) is 2.07. The second-order valence-electron chi connectivity index (χ2n) is 4.01. The van der Waals surface area contributed by atoms with Crippen molar-refractivity contribution in [2.24, 2.45) is 0 Å². The van der Waals surface area contributed by atoms with Crippen LogP contribution in [-0.4, -0.2) is 17.4 Å². The molecule has 80 valence electrons. The van der Waals surface area contributed by atoms with Gasteiger partial charge in [-0.2, -0.15) is 0 Å². The third-order valence-electron chi connectivity index (χ3n) is 2.86. The highest BCUT2D eigenvalue weighted by molar-refractivity contribution is 5.77. The van der Waals surface area contributed by atoms with Gasteiger partial charge in [0, 0.05) is 19.2 Å². The molecule has 4 nitrogen and oxygen atoms in total. The molecule has 1 saturated heterocycles. The van der Waals surface area contributed by atoms with Crippen LogP contribution in [0.1, 0.15) is 29.9 Å². The maximum absolute atomic E-state index is 11.3. The third kappa shape index (κ3) is 2.09. The Kier molecular flexibility index (Phi) is 2.58. The van der Waals surface area contributed by atoms with Crippen LogP contribution in [0, 0.1) is 6.92 Å². The van der Waals surface area contributed by atoms with E-state index in [-0.39, 0.29) is 5.91 Å². The number of anilines is 1. The van der Waals surface area contributed by atoms with Gasteiger partial charge in [-0.3, -0.25) is 4.79 Å². The Morgan fingerprint density at radius 1 is 1.60 bits per heavy atom. The number of nitrogens with zero attached hydrogens (tertiary/aromatic N) is 1. The van der Waals surface area contributed by atoms with Gasteiger partial charge in [-0.05, 0) is 36.5 Å². The monoisotopic (exact) mass is 205 g/mol. The third-order valence-corrected chi connectivity index (χ3v) is 2.86. The molecule has 0 unspecified atom stereocenters. The molecule has 15 heavy (non-hydrogen) atoms. The fraction of sp³-hybridized carbons (Fsp3) is 0.455. The number of aromatic nitrogens is 1. The van der Waals surface area contributed by atoms with Crippen LogP contribution in [0.2, 0.25) is 0 Å². The zero-order valence-corrected chi connectivity index (χ0v) is 8.79. The number of piperidine rings is 1. The van der Waals surface area contributed by atoms with Crippen molar-refractivity contribution in [3.8, 4) is 0 Å². The number of carbonyl (C=O) groups is 1. The van der Waals surface area contributed by atoms with E-state index in [0.717, 1.165) is 24.1 Å². The average molecular weight is 205 g/mol. The normalized spacial score (nSPS) is 21.1. The minimum atomic E-state index is 0.127. The molecule has 0 radical (unpaired) electrons. The van der Waals surface area contributed by atoms with Gasteiger partial charge >= 0.3 is 0 Å². The van der Waals surface area contributed by atoms with E-state index in [1.54, 1.807) is 6.20 Å². The van der Waals surface area contributed by atoms with E-state index in [9.17, 15) is 4.79 Å². The number of rotatable bonds is 1. The number of hydrogen-bond acceptors (Lipinski definition) is 3. The number of pyridine rings is 1. The standard InChI is InChI=1S/C11H15N3O/c1-7-4-10(12)14-6-9(7)8-2-3-13-11(15)5-8/h4,6,8H,2-3,5H2,1H3,(H2,12,14)(H,13,15)/t8-/m1/s1. The Morgan fingerprint density at radius 3 is 3.07 bits per heavy atom. The number of nitrogens with two attached hydrogens (primary N) is 1. The zero-order valence-electron chi connectivity index (χ0n) is 8.79. The summed E-state index contributed by atoms with van der Waals surface area (Å²) < 4.78 is 0. The summed E-state index contributed by atoms with van der Waals surface area (Å²) in [7, 11) is 0. The van der Waals surface area contributed by atoms with Gasteiger partial charge in [0.2, 0.25) is 5.91 Å². The van der Waals surface area contributed by atoms with Crippen molar-refractivity contribution in [1.29, 1.82) is 0 Å². The maximum Gasteiger partial charge on any atom is 0.220 e. The summed E-state index contributed by atoms with van der Waals surface area (Å²) in [5.74, 6) is 0.964. The van der Waals surface area contributed by atoms with Gasteiger partial charge < -0.3 is 11.1 Å². The maximum atomic E-state index is 11.3. The molecule has 2 rings (SSSR count). The highest BCUT2D eigenvalue weighted by atomic mass is 16.1. The molecule has 0 aromatic carbocycles. The molecule has 0 bridgehead atoms. The Bertz CT molecular complexity index is 389. The molecule has 1 amide bonds. The van der Waals surface area contributed by atoms with E-state index < -0.39 is 0 Å². The van der Waals surface area contributed by atoms with Crippen LogP contribution in [0.5, 0.6) is 0 Å². The molecule has 0 aliphatic carbocycles. The lowest BCUT2D eigenvalue weighted by Crippen LogP contribution is -2.32. The number of nitrogen functional groups attached to an aromatic ring is 1. The highest BCUT2D eigenvalue weighted by Gasteiger charge is 2.22. The highest BCUT2D eigenvalue weighted by Crippen LogP contribution is 2.28. The van der Waals surface area contributed by atoms with Crippen LogP contribution < -0.4 is 11.1 Å². The molecule has 1 aromatic rings. The first-order valence-corrected chi connectivity index (χ1v) is 5.15. The second kappa shape index (κ2) is 3.88. The number of amides is 1. The van der Waals surface area contributed by atoms with Gasteiger partial charge in [-0.25, -0.2) is 4.98 Å². The number of carbonyl (C=O) groups excluding carboxylic acids is 1. The lowest BCUT2D eigenvalue weighted by Gasteiger charge is -2.23. The topological polar surface area (TPSA) is 68.0 Å². The lowest BCUT2D eigenvalue weighted by molar-refractivity contribution is -0.122. The Balaban J connectivity index is 2.24. The van der Waals surface area contributed by atoms with E-state index in [1.165, 1.54) is 0 Å². The summed E-state index contributed by atoms with van der Waals surface area (Å²) in [4.78, 5) is 15.4. The molecular weight excluding hydrogens is 190 g/mol. The second-order valence-corrected chi connectivity index (χ2v) is 4.01. The largest absolute Gasteiger partial charge is 0.384 e. The van der Waals surface area contributed by atoms with Gasteiger partial charge in [-0.15, -0.1) is 0 Å². The SMILES string of the molecule is Cc1cc(N)ncc1[C@@H]1CCNC(=O)C1. The first-order chi connectivity index (χ1) is 7.16. The van der Waals surface area contributed by atoms with E-state index in [2.05, 4.69) is 10.3 Å². The quantitative estimate of drug-likeness (QED) is 0.717. The first-order valence-electron chi connectivity index (χ1n) is 5.15. The molecule has 0 spiro atoms. The van der Waals surface area contributed by atoms with Crippen LogP contribution >= 0.6 is 0 Å². The molecule has 0 saturated carbocycles. The number of aryl methyl sites for hydroxylation is 1. The van der Waals surface area contributed by atoms with Crippen LogP contribution in [0.15, 0.2) is 12.3 Å². The molecule has 2 heterocycles. The van der Waals surface area contributed by atoms with Crippen LogP contribution in [-0.2, 0) is 4.79 Å². The van der Waals surface area contributed by atoms with E-state index in [1.807, 2.05) is 13.0 Å². The Hall–Kier alpha value is -1.58. The molecule has 1 fully saturated rings. The van der Waals surface area contributed by atoms with Crippen molar-refractivity contribution in [2.45, 2.75) is 25.7 Å². The van der Waals surface area contributed by atoms with Gasteiger partial charge in [-0.1, -0.05) is 0 Å². The van der Waals surface area contributed by atoms with Crippen molar-refractivity contribution in [1.82, 2.24) is 10.3 Å². The van der Waals surface area contributed by atoms with Crippen molar-refractivity contribution in [2.75, 3.05) is 12.3 Å². The summed E-state index contributed by atoms with van der Waals surface area (Å²) in [6, 6.07) is 1.86. The van der Waals surface area contributed by atoms with Crippen molar-refractivity contribution < 1.29 is 4.79 Å². The van der Waals surface area contributed by atoms with Crippen LogP contribution in [0.25, 0.3) is 0 Å². The molecule has 3 N–H and O–H groups in total. The predicted octanol–water partition coefficient (Wildman–Crippen LogP) is 0.966. The van der Waals surface area contributed by atoms with E-state index in [4.69, 9.17) is 5.73 Å². The minimum Gasteiger partial charge on any atom is -0.384 e. The molecule has 1 aromatic heterocycles. The van der Waals surface area contributed by atoms with E-state index >= 15 is 0 Å². The van der Waals surface area contributed by atoms with E-state index in [0.29, 0.717) is 18.2 Å². The van der Waals surface area contributed by atoms with Crippen LogP contribution in [0.4, 0.5) is 5.82 Å². The zero-order chi connectivity index (χ0) is 10.8.